The van der Waals surface area contributed by atoms with E-state index in [0.29, 0.717) is 18.1 Å². The first kappa shape index (κ1) is 13.6. The molecule has 1 fully saturated rings. The van der Waals surface area contributed by atoms with Crippen LogP contribution in [-0.2, 0) is 4.74 Å². The van der Waals surface area contributed by atoms with E-state index in [1.807, 2.05) is 12.1 Å². The fraction of sp³-hybridized carbons (Fsp3) is 0.462. The molecule has 6 heteroatoms. The molecular formula is C13H19N3O3. The Labute approximate surface area is 112 Å². The predicted octanol–water partition coefficient (Wildman–Crippen LogP) is 1.11. The lowest BCUT2D eigenvalue weighted by Crippen LogP contribution is -2.44. The molecule has 104 valence electrons. The van der Waals surface area contributed by atoms with Gasteiger partial charge in [-0.1, -0.05) is 12.1 Å². The average molecular weight is 265 g/mol. The van der Waals surface area contributed by atoms with Gasteiger partial charge in [-0.05, 0) is 12.1 Å². The first-order valence-corrected chi connectivity index (χ1v) is 6.27. The number of benzene rings is 1. The number of morpholine rings is 1. The Bertz CT molecular complexity index is 419. The van der Waals surface area contributed by atoms with Gasteiger partial charge in [-0.15, -0.1) is 0 Å². The number of amides is 2. The minimum Gasteiger partial charge on any atom is -0.495 e. The highest BCUT2D eigenvalue weighted by Gasteiger charge is 2.11. The minimum absolute atomic E-state index is 0.240. The van der Waals surface area contributed by atoms with Gasteiger partial charge in [0.25, 0.3) is 0 Å². The van der Waals surface area contributed by atoms with Gasteiger partial charge >= 0.3 is 6.03 Å². The van der Waals surface area contributed by atoms with Crippen molar-refractivity contribution < 1.29 is 14.3 Å². The molecule has 0 aromatic heterocycles. The lowest BCUT2D eigenvalue weighted by Gasteiger charge is -2.26. The molecule has 0 aliphatic carbocycles. The van der Waals surface area contributed by atoms with Gasteiger partial charge in [0.1, 0.15) is 5.75 Å². The molecule has 0 radical (unpaired) electrons. The Kier molecular flexibility index (Phi) is 5.00. The number of carbonyl (C=O) groups is 1. The number of para-hydroxylation sites is 2. The van der Waals surface area contributed by atoms with E-state index in [0.717, 1.165) is 26.3 Å². The molecule has 2 rings (SSSR count). The zero-order chi connectivity index (χ0) is 13.5. The highest BCUT2D eigenvalue weighted by molar-refractivity contribution is 5.90. The predicted molar refractivity (Wildman–Crippen MR) is 72.4 cm³/mol. The molecule has 1 saturated heterocycles. The van der Waals surface area contributed by atoms with Crippen LogP contribution < -0.4 is 15.4 Å². The third kappa shape index (κ3) is 4.11. The maximum Gasteiger partial charge on any atom is 0.320 e. The Morgan fingerprint density at radius 2 is 2.11 bits per heavy atom. The summed E-state index contributed by atoms with van der Waals surface area (Å²) in [7, 11) is 1.58. The maximum absolute atomic E-state index is 11.8. The van der Waals surface area contributed by atoms with Crippen molar-refractivity contribution in [1.29, 1.82) is 0 Å². The Morgan fingerprint density at radius 1 is 1.37 bits per heavy atom. The molecular weight excluding hydrogens is 246 g/mol. The third-order valence-electron chi connectivity index (χ3n) is 2.92. The number of rotatable bonds is 4. The number of methoxy groups -OCH3 is 1. The number of hydrogen-bond acceptors (Lipinski definition) is 4. The highest BCUT2D eigenvalue weighted by atomic mass is 16.5. The second kappa shape index (κ2) is 6.96. The van der Waals surface area contributed by atoms with Gasteiger partial charge in [0.2, 0.25) is 0 Å². The van der Waals surface area contributed by atoms with E-state index in [1.54, 1.807) is 19.2 Å². The summed E-state index contributed by atoms with van der Waals surface area (Å²) in [4.78, 5) is 13.9. The SMILES string of the molecule is COc1ccccc1NC(=O)NCN1CCOCC1. The Hall–Kier alpha value is -1.79. The van der Waals surface area contributed by atoms with Crippen molar-refractivity contribution >= 4 is 11.7 Å². The number of carbonyl (C=O) groups excluding carboxylic acids is 1. The Morgan fingerprint density at radius 3 is 2.84 bits per heavy atom. The summed E-state index contributed by atoms with van der Waals surface area (Å²) in [6, 6.07) is 7.07. The van der Waals surface area contributed by atoms with Crippen LogP contribution in [0.4, 0.5) is 10.5 Å². The number of urea groups is 1. The van der Waals surface area contributed by atoms with E-state index < -0.39 is 0 Å². The van der Waals surface area contributed by atoms with E-state index in [2.05, 4.69) is 15.5 Å². The summed E-state index contributed by atoms with van der Waals surface area (Å²) in [6.45, 7) is 3.64. The van der Waals surface area contributed by atoms with Crippen molar-refractivity contribution in [3.05, 3.63) is 24.3 Å². The number of nitrogens with zero attached hydrogens (tertiary/aromatic N) is 1. The van der Waals surface area contributed by atoms with Gasteiger partial charge < -0.3 is 20.1 Å². The quantitative estimate of drug-likeness (QED) is 0.856. The molecule has 0 atom stereocenters. The van der Waals surface area contributed by atoms with Gasteiger partial charge in [0.05, 0.1) is 32.7 Å². The summed E-state index contributed by atoms with van der Waals surface area (Å²) in [6.07, 6.45) is 0. The van der Waals surface area contributed by atoms with Crippen LogP contribution in [0.3, 0.4) is 0 Å². The van der Waals surface area contributed by atoms with Gasteiger partial charge in [-0.2, -0.15) is 0 Å². The van der Waals surface area contributed by atoms with E-state index in [1.165, 1.54) is 0 Å². The zero-order valence-corrected chi connectivity index (χ0v) is 11.0. The molecule has 1 aromatic rings. The van der Waals surface area contributed by atoms with E-state index >= 15 is 0 Å². The van der Waals surface area contributed by atoms with Gasteiger partial charge in [0.15, 0.2) is 0 Å². The minimum atomic E-state index is -0.240. The van der Waals surface area contributed by atoms with E-state index in [-0.39, 0.29) is 6.03 Å². The summed E-state index contributed by atoms with van der Waals surface area (Å²) in [5, 5.41) is 5.58. The van der Waals surface area contributed by atoms with Crippen molar-refractivity contribution in [2.24, 2.45) is 0 Å². The second-order valence-electron chi connectivity index (χ2n) is 4.22. The second-order valence-corrected chi connectivity index (χ2v) is 4.22. The van der Waals surface area contributed by atoms with Crippen LogP contribution in [0.2, 0.25) is 0 Å². The van der Waals surface area contributed by atoms with Crippen LogP contribution in [0.15, 0.2) is 24.3 Å². The number of ether oxygens (including phenoxy) is 2. The Balaban J connectivity index is 1.80. The molecule has 19 heavy (non-hydrogen) atoms. The largest absolute Gasteiger partial charge is 0.495 e. The molecule has 2 N–H and O–H groups in total. The van der Waals surface area contributed by atoms with E-state index in [9.17, 15) is 4.79 Å². The molecule has 6 nitrogen and oxygen atoms in total. The highest BCUT2D eigenvalue weighted by Crippen LogP contribution is 2.22. The first-order valence-electron chi connectivity index (χ1n) is 6.27. The first-order chi connectivity index (χ1) is 9.29. The number of nitrogens with one attached hydrogen (secondary N) is 2. The van der Waals surface area contributed by atoms with Crippen LogP contribution in [0, 0.1) is 0 Å². The zero-order valence-electron chi connectivity index (χ0n) is 11.0. The summed E-state index contributed by atoms with van der Waals surface area (Å²) in [5.74, 6) is 0.643. The molecule has 0 spiro atoms. The van der Waals surface area contributed by atoms with Gasteiger partial charge in [0, 0.05) is 13.1 Å². The standard InChI is InChI=1S/C13H19N3O3/c1-18-12-5-3-2-4-11(12)15-13(17)14-10-16-6-8-19-9-7-16/h2-5H,6-10H2,1H3,(H2,14,15,17). The summed E-state index contributed by atoms with van der Waals surface area (Å²) >= 11 is 0. The van der Waals surface area contributed by atoms with Crippen LogP contribution >= 0.6 is 0 Å². The molecule has 0 bridgehead atoms. The normalized spacial score (nSPS) is 15.8. The monoisotopic (exact) mass is 265 g/mol. The molecule has 1 heterocycles. The fourth-order valence-electron chi connectivity index (χ4n) is 1.86. The average Bonchev–Trinajstić information content (AvgIpc) is 2.47. The van der Waals surface area contributed by atoms with Crippen molar-refractivity contribution in [3.63, 3.8) is 0 Å². The van der Waals surface area contributed by atoms with E-state index in [4.69, 9.17) is 9.47 Å². The molecule has 1 aliphatic heterocycles. The van der Waals surface area contributed by atoms with Crippen molar-refractivity contribution in [2.75, 3.05) is 45.4 Å². The molecule has 2 amide bonds. The van der Waals surface area contributed by atoms with Gasteiger partial charge in [-0.3, -0.25) is 4.90 Å². The number of hydrogen-bond donors (Lipinski definition) is 2. The molecule has 1 aromatic carbocycles. The molecule has 0 unspecified atom stereocenters. The van der Waals surface area contributed by atoms with Gasteiger partial charge in [-0.25, -0.2) is 4.79 Å². The van der Waals surface area contributed by atoms with Crippen LogP contribution in [0.5, 0.6) is 5.75 Å². The lowest BCUT2D eigenvalue weighted by molar-refractivity contribution is 0.0358. The number of anilines is 1. The van der Waals surface area contributed by atoms with Crippen molar-refractivity contribution in [1.82, 2.24) is 10.2 Å². The fourth-order valence-corrected chi connectivity index (χ4v) is 1.86. The third-order valence-corrected chi connectivity index (χ3v) is 2.92. The van der Waals surface area contributed by atoms with Crippen molar-refractivity contribution in [3.8, 4) is 5.75 Å². The van der Waals surface area contributed by atoms with Crippen LogP contribution in [0.1, 0.15) is 0 Å². The summed E-state index contributed by atoms with van der Waals surface area (Å²) in [5.41, 5.74) is 0.657. The molecule has 1 aliphatic rings. The van der Waals surface area contributed by atoms with Crippen LogP contribution in [0.25, 0.3) is 0 Å². The van der Waals surface area contributed by atoms with Crippen molar-refractivity contribution in [2.45, 2.75) is 0 Å². The maximum atomic E-state index is 11.8. The molecule has 0 saturated carbocycles. The van der Waals surface area contributed by atoms with Crippen LogP contribution in [-0.4, -0.2) is 51.0 Å². The smallest absolute Gasteiger partial charge is 0.320 e. The summed E-state index contributed by atoms with van der Waals surface area (Å²) < 4.78 is 10.4. The topological polar surface area (TPSA) is 62.8 Å². The lowest BCUT2D eigenvalue weighted by atomic mass is 10.3.